The SMILES string of the molecule is OCCC1COCCN1Cc1nccn1Cc1ccccc1. The molecule has 3 rings (SSSR count). The van der Waals surface area contributed by atoms with Gasteiger partial charge in [-0.05, 0) is 12.0 Å². The van der Waals surface area contributed by atoms with Crippen molar-refractivity contribution >= 4 is 0 Å². The number of ether oxygens (including phenoxy) is 1. The number of aliphatic hydroxyl groups is 1. The Hall–Kier alpha value is -1.69. The van der Waals surface area contributed by atoms with Crippen LogP contribution in [0.5, 0.6) is 0 Å². The van der Waals surface area contributed by atoms with Crippen LogP contribution in [0.3, 0.4) is 0 Å². The van der Waals surface area contributed by atoms with Crippen molar-refractivity contribution in [3.8, 4) is 0 Å². The molecule has 0 saturated carbocycles. The van der Waals surface area contributed by atoms with Crippen LogP contribution >= 0.6 is 0 Å². The summed E-state index contributed by atoms with van der Waals surface area (Å²) < 4.78 is 7.73. The van der Waals surface area contributed by atoms with E-state index in [0.717, 1.165) is 38.5 Å². The minimum absolute atomic E-state index is 0.197. The molecule has 0 spiro atoms. The largest absolute Gasteiger partial charge is 0.396 e. The van der Waals surface area contributed by atoms with Gasteiger partial charge in [-0.1, -0.05) is 30.3 Å². The summed E-state index contributed by atoms with van der Waals surface area (Å²) in [5.74, 6) is 1.06. The summed E-state index contributed by atoms with van der Waals surface area (Å²) in [6, 6.07) is 10.7. The molecule has 118 valence electrons. The van der Waals surface area contributed by atoms with Gasteiger partial charge in [0.1, 0.15) is 5.82 Å². The lowest BCUT2D eigenvalue weighted by Crippen LogP contribution is -2.45. The van der Waals surface area contributed by atoms with Gasteiger partial charge in [-0.3, -0.25) is 4.90 Å². The molecule has 1 N–H and O–H groups in total. The maximum atomic E-state index is 9.21. The summed E-state index contributed by atoms with van der Waals surface area (Å²) in [5.41, 5.74) is 1.27. The summed E-state index contributed by atoms with van der Waals surface area (Å²) in [7, 11) is 0. The van der Waals surface area contributed by atoms with E-state index in [1.807, 2.05) is 18.5 Å². The van der Waals surface area contributed by atoms with Gasteiger partial charge >= 0.3 is 0 Å². The Balaban J connectivity index is 1.68. The Labute approximate surface area is 131 Å². The smallest absolute Gasteiger partial charge is 0.123 e. The summed E-state index contributed by atoms with van der Waals surface area (Å²) in [4.78, 5) is 6.88. The molecule has 0 amide bonds. The second-order valence-corrected chi connectivity index (χ2v) is 5.67. The van der Waals surface area contributed by atoms with E-state index in [2.05, 4.69) is 38.7 Å². The molecule has 1 atom stereocenters. The fraction of sp³-hybridized carbons (Fsp3) is 0.471. The number of hydrogen-bond donors (Lipinski definition) is 1. The number of rotatable bonds is 6. The van der Waals surface area contributed by atoms with E-state index >= 15 is 0 Å². The Kier molecular flexibility index (Phi) is 5.21. The normalized spacial score (nSPS) is 19.4. The predicted molar refractivity (Wildman–Crippen MR) is 84.5 cm³/mol. The Morgan fingerprint density at radius 1 is 1.23 bits per heavy atom. The van der Waals surface area contributed by atoms with Crippen molar-refractivity contribution in [3.63, 3.8) is 0 Å². The van der Waals surface area contributed by atoms with Crippen LogP contribution < -0.4 is 0 Å². The van der Waals surface area contributed by atoms with Crippen LogP contribution in [0.2, 0.25) is 0 Å². The van der Waals surface area contributed by atoms with Gasteiger partial charge in [-0.2, -0.15) is 0 Å². The minimum atomic E-state index is 0.197. The van der Waals surface area contributed by atoms with Crippen LogP contribution in [0.25, 0.3) is 0 Å². The first-order chi connectivity index (χ1) is 10.9. The van der Waals surface area contributed by atoms with Crippen molar-refractivity contribution in [2.24, 2.45) is 0 Å². The lowest BCUT2D eigenvalue weighted by molar-refractivity contribution is -0.0209. The maximum Gasteiger partial charge on any atom is 0.123 e. The van der Waals surface area contributed by atoms with Gasteiger partial charge in [-0.15, -0.1) is 0 Å². The third-order valence-corrected chi connectivity index (χ3v) is 4.15. The number of hydrogen-bond acceptors (Lipinski definition) is 4. The minimum Gasteiger partial charge on any atom is -0.396 e. The monoisotopic (exact) mass is 301 g/mol. The van der Waals surface area contributed by atoms with E-state index < -0.39 is 0 Å². The molecule has 1 fully saturated rings. The third-order valence-electron chi connectivity index (χ3n) is 4.15. The molecule has 0 aliphatic carbocycles. The van der Waals surface area contributed by atoms with Crippen LogP contribution in [0.4, 0.5) is 0 Å². The number of morpholine rings is 1. The Morgan fingerprint density at radius 2 is 2.09 bits per heavy atom. The van der Waals surface area contributed by atoms with E-state index in [0.29, 0.717) is 6.61 Å². The molecule has 1 unspecified atom stereocenters. The zero-order valence-electron chi connectivity index (χ0n) is 12.8. The van der Waals surface area contributed by atoms with Gasteiger partial charge in [0.25, 0.3) is 0 Å². The fourth-order valence-corrected chi connectivity index (χ4v) is 2.91. The van der Waals surface area contributed by atoms with Crippen molar-refractivity contribution in [1.29, 1.82) is 0 Å². The van der Waals surface area contributed by atoms with Gasteiger partial charge in [0.05, 0.1) is 19.8 Å². The molecule has 1 aliphatic rings. The highest BCUT2D eigenvalue weighted by Crippen LogP contribution is 2.15. The van der Waals surface area contributed by atoms with Crippen LogP contribution in [-0.2, 0) is 17.8 Å². The molecule has 1 saturated heterocycles. The standard InChI is InChI=1S/C17H23N3O2/c21-10-6-16-14-22-11-9-19(16)13-17-18-7-8-20(17)12-15-4-2-1-3-5-15/h1-5,7-8,16,21H,6,9-14H2. The second-order valence-electron chi connectivity index (χ2n) is 5.67. The molecule has 2 heterocycles. The lowest BCUT2D eigenvalue weighted by Gasteiger charge is -2.35. The highest BCUT2D eigenvalue weighted by molar-refractivity contribution is 5.15. The van der Waals surface area contributed by atoms with Gasteiger partial charge < -0.3 is 14.4 Å². The van der Waals surface area contributed by atoms with E-state index in [4.69, 9.17) is 4.74 Å². The molecule has 5 nitrogen and oxygen atoms in total. The highest BCUT2D eigenvalue weighted by atomic mass is 16.5. The first-order valence-electron chi connectivity index (χ1n) is 7.83. The average molecular weight is 301 g/mol. The Morgan fingerprint density at radius 3 is 2.91 bits per heavy atom. The summed E-state index contributed by atoms with van der Waals surface area (Å²) in [5, 5.41) is 9.21. The van der Waals surface area contributed by atoms with Gasteiger partial charge in [0.15, 0.2) is 0 Å². The Bertz CT molecular complexity index is 568. The number of aromatic nitrogens is 2. The van der Waals surface area contributed by atoms with Crippen LogP contribution in [0.15, 0.2) is 42.7 Å². The topological polar surface area (TPSA) is 50.5 Å². The van der Waals surface area contributed by atoms with E-state index in [-0.39, 0.29) is 12.6 Å². The van der Waals surface area contributed by atoms with Crippen LogP contribution in [0, 0.1) is 0 Å². The molecular weight excluding hydrogens is 278 g/mol. The maximum absolute atomic E-state index is 9.21. The summed E-state index contributed by atoms with van der Waals surface area (Å²) in [6.07, 6.45) is 4.64. The molecular formula is C17H23N3O2. The molecule has 1 aromatic carbocycles. The molecule has 0 radical (unpaired) electrons. The van der Waals surface area contributed by atoms with Gasteiger partial charge in [0, 0.05) is 38.1 Å². The summed E-state index contributed by atoms with van der Waals surface area (Å²) in [6.45, 7) is 4.17. The van der Waals surface area contributed by atoms with Crippen LogP contribution in [-0.4, -0.2) is 52.0 Å². The zero-order chi connectivity index (χ0) is 15.2. The fourth-order valence-electron chi connectivity index (χ4n) is 2.91. The van der Waals surface area contributed by atoms with Crippen LogP contribution in [0.1, 0.15) is 17.8 Å². The number of benzene rings is 1. The van der Waals surface area contributed by atoms with Gasteiger partial charge in [-0.25, -0.2) is 4.98 Å². The first-order valence-corrected chi connectivity index (χ1v) is 7.83. The molecule has 1 aliphatic heterocycles. The van der Waals surface area contributed by atoms with Crippen molar-refractivity contribution in [2.75, 3.05) is 26.4 Å². The molecule has 22 heavy (non-hydrogen) atoms. The van der Waals surface area contributed by atoms with E-state index in [9.17, 15) is 5.11 Å². The average Bonchev–Trinajstić information content (AvgIpc) is 2.97. The van der Waals surface area contributed by atoms with Crippen molar-refractivity contribution < 1.29 is 9.84 Å². The van der Waals surface area contributed by atoms with Crippen molar-refractivity contribution in [3.05, 3.63) is 54.1 Å². The number of imidazole rings is 1. The third kappa shape index (κ3) is 3.74. The van der Waals surface area contributed by atoms with Crippen molar-refractivity contribution in [1.82, 2.24) is 14.5 Å². The zero-order valence-corrected chi connectivity index (χ0v) is 12.8. The predicted octanol–water partition coefficient (Wildman–Crippen LogP) is 1.51. The molecule has 2 aromatic rings. The number of nitrogens with zero attached hydrogens (tertiary/aromatic N) is 3. The molecule has 1 aromatic heterocycles. The second kappa shape index (κ2) is 7.54. The lowest BCUT2D eigenvalue weighted by atomic mass is 10.1. The molecule has 5 heteroatoms. The van der Waals surface area contributed by atoms with E-state index in [1.165, 1.54) is 5.56 Å². The number of aliphatic hydroxyl groups excluding tert-OH is 1. The summed E-state index contributed by atoms with van der Waals surface area (Å²) >= 11 is 0. The first kappa shape index (κ1) is 15.2. The highest BCUT2D eigenvalue weighted by Gasteiger charge is 2.23. The van der Waals surface area contributed by atoms with Gasteiger partial charge in [0.2, 0.25) is 0 Å². The quantitative estimate of drug-likeness (QED) is 0.879. The van der Waals surface area contributed by atoms with Crippen molar-refractivity contribution in [2.45, 2.75) is 25.6 Å². The molecule has 0 bridgehead atoms. The van der Waals surface area contributed by atoms with E-state index in [1.54, 1.807) is 0 Å².